The van der Waals surface area contributed by atoms with Crippen LogP contribution < -0.4 is 5.73 Å². The van der Waals surface area contributed by atoms with Gasteiger partial charge in [-0.2, -0.15) is 0 Å². The molecule has 0 aliphatic rings. The van der Waals surface area contributed by atoms with Crippen LogP contribution in [0.3, 0.4) is 0 Å². The standard InChI is InChI=1S/C12H9N3.Ru/c13-10-7-8-3-1-5-14-11(8)12-9(10)4-2-6-15-12;/h1-7H,13H2;/q;+2. The zero-order chi connectivity index (χ0) is 10.3. The number of hydrogen-bond acceptors (Lipinski definition) is 3. The molecule has 3 nitrogen and oxygen atoms in total. The first-order valence-electron chi connectivity index (χ1n) is 4.74. The summed E-state index contributed by atoms with van der Waals surface area (Å²) in [7, 11) is 0. The molecule has 78 valence electrons. The van der Waals surface area contributed by atoms with E-state index in [1.807, 2.05) is 30.3 Å². The fourth-order valence-corrected chi connectivity index (χ4v) is 1.80. The summed E-state index contributed by atoms with van der Waals surface area (Å²) in [5, 5.41) is 1.99. The van der Waals surface area contributed by atoms with Crippen LogP contribution in [0.5, 0.6) is 0 Å². The molecule has 1 aromatic carbocycles. The van der Waals surface area contributed by atoms with E-state index in [1.54, 1.807) is 12.4 Å². The summed E-state index contributed by atoms with van der Waals surface area (Å²) in [6.45, 7) is 0. The minimum Gasteiger partial charge on any atom is -0.398 e. The monoisotopic (exact) mass is 297 g/mol. The van der Waals surface area contributed by atoms with Gasteiger partial charge < -0.3 is 5.73 Å². The van der Waals surface area contributed by atoms with Crippen LogP contribution in [0.4, 0.5) is 5.69 Å². The zero-order valence-electron chi connectivity index (χ0n) is 8.37. The van der Waals surface area contributed by atoms with Crippen LogP contribution in [0, 0.1) is 0 Å². The van der Waals surface area contributed by atoms with E-state index in [0.29, 0.717) is 0 Å². The van der Waals surface area contributed by atoms with Crippen LogP contribution in [0.2, 0.25) is 0 Å². The number of nitrogens with two attached hydrogens (primary N) is 1. The maximum Gasteiger partial charge on any atom is 2.00 e. The van der Waals surface area contributed by atoms with Crippen molar-refractivity contribution in [3.63, 3.8) is 0 Å². The molecule has 0 saturated heterocycles. The summed E-state index contributed by atoms with van der Waals surface area (Å²) in [6, 6.07) is 9.68. The van der Waals surface area contributed by atoms with Gasteiger partial charge in [0, 0.05) is 28.9 Å². The minimum atomic E-state index is 0. The Labute approximate surface area is 105 Å². The number of fused-ring (bicyclic) bond motifs is 3. The van der Waals surface area contributed by atoms with Crippen LogP contribution in [-0.4, -0.2) is 9.97 Å². The fourth-order valence-electron chi connectivity index (χ4n) is 1.80. The molecule has 0 atom stereocenters. The van der Waals surface area contributed by atoms with E-state index in [2.05, 4.69) is 9.97 Å². The van der Waals surface area contributed by atoms with Crippen molar-refractivity contribution in [2.75, 3.05) is 5.73 Å². The van der Waals surface area contributed by atoms with Crippen molar-refractivity contribution in [1.29, 1.82) is 0 Å². The minimum absolute atomic E-state index is 0. The first-order valence-corrected chi connectivity index (χ1v) is 4.74. The number of hydrogen-bond donors (Lipinski definition) is 1. The molecule has 0 amide bonds. The van der Waals surface area contributed by atoms with Crippen molar-refractivity contribution in [1.82, 2.24) is 9.97 Å². The van der Waals surface area contributed by atoms with Crippen molar-refractivity contribution in [2.45, 2.75) is 0 Å². The smallest absolute Gasteiger partial charge is 0.398 e. The molecule has 3 aromatic rings. The van der Waals surface area contributed by atoms with Gasteiger partial charge in [-0.25, -0.2) is 0 Å². The summed E-state index contributed by atoms with van der Waals surface area (Å²) in [5.74, 6) is 0. The number of aromatic nitrogens is 2. The Morgan fingerprint density at radius 3 is 2.44 bits per heavy atom. The van der Waals surface area contributed by atoms with Crippen LogP contribution in [0.15, 0.2) is 42.7 Å². The van der Waals surface area contributed by atoms with E-state index < -0.39 is 0 Å². The molecule has 0 saturated carbocycles. The van der Waals surface area contributed by atoms with Crippen LogP contribution in [0.25, 0.3) is 21.8 Å². The molecular formula is C12H9N3Ru+2. The molecule has 2 N–H and O–H groups in total. The Morgan fingerprint density at radius 2 is 1.62 bits per heavy atom. The number of pyridine rings is 2. The molecule has 3 rings (SSSR count). The first-order chi connectivity index (χ1) is 7.36. The van der Waals surface area contributed by atoms with Gasteiger partial charge in [-0.1, -0.05) is 6.07 Å². The average molecular weight is 296 g/mol. The predicted octanol–water partition coefficient (Wildman–Crippen LogP) is 2.36. The second kappa shape index (κ2) is 4.14. The van der Waals surface area contributed by atoms with E-state index in [0.717, 1.165) is 27.5 Å². The normalized spacial score (nSPS) is 10.2. The maximum atomic E-state index is 5.95. The largest absolute Gasteiger partial charge is 2.00 e. The van der Waals surface area contributed by atoms with Crippen molar-refractivity contribution in [3.05, 3.63) is 42.7 Å². The molecule has 16 heavy (non-hydrogen) atoms. The molecule has 0 fully saturated rings. The predicted molar refractivity (Wildman–Crippen MR) is 61.5 cm³/mol. The first kappa shape index (κ1) is 11.0. The number of nitrogens with zero attached hydrogens (tertiary/aromatic N) is 2. The summed E-state index contributed by atoms with van der Waals surface area (Å²) >= 11 is 0. The maximum absolute atomic E-state index is 5.95. The van der Waals surface area contributed by atoms with Crippen molar-refractivity contribution in [2.24, 2.45) is 0 Å². The van der Waals surface area contributed by atoms with Crippen LogP contribution in [-0.2, 0) is 19.5 Å². The molecule has 0 aliphatic heterocycles. The Kier molecular flexibility index (Phi) is 2.84. The van der Waals surface area contributed by atoms with E-state index in [9.17, 15) is 0 Å². The molecule has 0 radical (unpaired) electrons. The Bertz CT molecular complexity index is 652. The Hall–Kier alpha value is -1.54. The summed E-state index contributed by atoms with van der Waals surface area (Å²) in [6.07, 6.45) is 3.53. The topological polar surface area (TPSA) is 51.8 Å². The van der Waals surface area contributed by atoms with Crippen LogP contribution >= 0.6 is 0 Å². The molecule has 0 unspecified atom stereocenters. The van der Waals surface area contributed by atoms with Gasteiger partial charge in [0.05, 0.1) is 11.0 Å². The quantitative estimate of drug-likeness (QED) is 0.393. The number of rotatable bonds is 0. The van der Waals surface area contributed by atoms with Gasteiger partial charge in [0.25, 0.3) is 0 Å². The molecule has 0 bridgehead atoms. The second-order valence-corrected chi connectivity index (χ2v) is 3.44. The SMILES string of the molecule is Nc1cc2cccnc2c2ncccc12.[Ru+2]. The van der Waals surface area contributed by atoms with E-state index >= 15 is 0 Å². The van der Waals surface area contributed by atoms with Gasteiger partial charge in [-0.15, -0.1) is 0 Å². The van der Waals surface area contributed by atoms with E-state index in [-0.39, 0.29) is 19.5 Å². The van der Waals surface area contributed by atoms with Crippen LogP contribution in [0.1, 0.15) is 0 Å². The third-order valence-electron chi connectivity index (χ3n) is 2.49. The average Bonchev–Trinajstić information content (AvgIpc) is 2.30. The summed E-state index contributed by atoms with van der Waals surface area (Å²) in [5.41, 5.74) is 8.48. The molecule has 2 aromatic heterocycles. The summed E-state index contributed by atoms with van der Waals surface area (Å²) in [4.78, 5) is 8.66. The molecule has 0 spiro atoms. The van der Waals surface area contributed by atoms with Gasteiger partial charge in [0.2, 0.25) is 0 Å². The zero-order valence-corrected chi connectivity index (χ0v) is 10.1. The Balaban J connectivity index is 0.000000963. The van der Waals surface area contributed by atoms with Gasteiger partial charge in [-0.05, 0) is 24.3 Å². The third-order valence-corrected chi connectivity index (χ3v) is 2.49. The van der Waals surface area contributed by atoms with Crippen molar-refractivity contribution in [3.8, 4) is 0 Å². The van der Waals surface area contributed by atoms with E-state index in [4.69, 9.17) is 5.73 Å². The molecular weight excluding hydrogens is 287 g/mol. The number of anilines is 1. The number of benzene rings is 1. The summed E-state index contributed by atoms with van der Waals surface area (Å²) < 4.78 is 0. The van der Waals surface area contributed by atoms with Gasteiger partial charge in [0.1, 0.15) is 0 Å². The van der Waals surface area contributed by atoms with Crippen molar-refractivity contribution >= 4 is 27.5 Å². The van der Waals surface area contributed by atoms with Gasteiger partial charge in [-0.3, -0.25) is 9.97 Å². The van der Waals surface area contributed by atoms with E-state index in [1.165, 1.54) is 0 Å². The second-order valence-electron chi connectivity index (χ2n) is 3.44. The Morgan fingerprint density at radius 1 is 0.938 bits per heavy atom. The number of nitrogen functional groups attached to an aromatic ring is 1. The molecule has 2 heterocycles. The molecule has 0 aliphatic carbocycles. The fraction of sp³-hybridized carbons (Fsp3) is 0. The third kappa shape index (κ3) is 1.55. The van der Waals surface area contributed by atoms with Gasteiger partial charge in [0.15, 0.2) is 0 Å². The van der Waals surface area contributed by atoms with Crippen molar-refractivity contribution < 1.29 is 19.5 Å². The molecule has 4 heteroatoms. The van der Waals surface area contributed by atoms with Gasteiger partial charge >= 0.3 is 19.5 Å².